The van der Waals surface area contributed by atoms with E-state index < -0.39 is 5.91 Å². The van der Waals surface area contributed by atoms with Gasteiger partial charge >= 0.3 is 0 Å². The smallest absolute Gasteiger partial charge is 0.259 e. The third-order valence-corrected chi connectivity index (χ3v) is 6.48. The number of imide groups is 1. The van der Waals surface area contributed by atoms with Crippen molar-refractivity contribution in [1.82, 2.24) is 14.9 Å². The topological polar surface area (TPSA) is 64.0 Å². The van der Waals surface area contributed by atoms with Crippen LogP contribution in [0.2, 0.25) is 5.02 Å². The Labute approximate surface area is 188 Å². The van der Waals surface area contributed by atoms with E-state index in [1.54, 1.807) is 18.5 Å². The van der Waals surface area contributed by atoms with E-state index in [1.807, 2.05) is 55.6 Å². The van der Waals surface area contributed by atoms with Gasteiger partial charge in [-0.25, -0.2) is 0 Å². The Morgan fingerprint density at radius 1 is 0.812 bits per heavy atom. The van der Waals surface area contributed by atoms with Crippen LogP contribution in [-0.4, -0.2) is 21.4 Å². The Kier molecular flexibility index (Phi) is 3.97. The summed E-state index contributed by atoms with van der Waals surface area (Å²) in [6.07, 6.45) is 3.53. The molecule has 0 spiro atoms. The van der Waals surface area contributed by atoms with E-state index >= 15 is 0 Å². The van der Waals surface area contributed by atoms with Gasteiger partial charge < -0.3 is 4.57 Å². The van der Waals surface area contributed by atoms with Crippen LogP contribution in [0, 0.1) is 0 Å². The summed E-state index contributed by atoms with van der Waals surface area (Å²) in [6.45, 7) is 0. The molecule has 0 unspecified atom stereocenters. The van der Waals surface area contributed by atoms with Crippen LogP contribution in [0.4, 0.5) is 0 Å². The highest BCUT2D eigenvalue weighted by atomic mass is 35.5. The molecule has 0 saturated carbocycles. The highest BCUT2D eigenvalue weighted by molar-refractivity contribution is 6.36. The highest BCUT2D eigenvalue weighted by Crippen LogP contribution is 2.42. The molecule has 32 heavy (non-hydrogen) atoms. The largest absolute Gasteiger partial charge is 0.344 e. The van der Waals surface area contributed by atoms with Gasteiger partial charge in [0, 0.05) is 46.3 Å². The van der Waals surface area contributed by atoms with Crippen LogP contribution >= 0.6 is 11.6 Å². The zero-order chi connectivity index (χ0) is 22.0. The van der Waals surface area contributed by atoms with Gasteiger partial charge in [-0.3, -0.25) is 19.9 Å². The molecule has 3 heterocycles. The fourth-order valence-corrected chi connectivity index (χ4v) is 4.90. The second kappa shape index (κ2) is 6.77. The first kappa shape index (κ1) is 18.8. The van der Waals surface area contributed by atoms with Gasteiger partial charge in [-0.2, -0.15) is 0 Å². The average molecular weight is 438 g/mol. The molecule has 3 aromatic carbocycles. The van der Waals surface area contributed by atoms with E-state index in [-0.39, 0.29) is 5.91 Å². The normalized spacial score (nSPS) is 13.1. The molecule has 1 N–H and O–H groups in total. The molecule has 0 aliphatic carbocycles. The average Bonchev–Trinajstić information content (AvgIpc) is 3.27. The van der Waals surface area contributed by atoms with Crippen LogP contribution in [0.15, 0.2) is 73.1 Å². The van der Waals surface area contributed by atoms with E-state index in [0.717, 1.165) is 38.5 Å². The lowest BCUT2D eigenvalue weighted by molar-refractivity contribution is 0.0880. The summed E-state index contributed by atoms with van der Waals surface area (Å²) in [6, 6.07) is 19.4. The van der Waals surface area contributed by atoms with Gasteiger partial charge in [-0.15, -0.1) is 0 Å². The Balaban J connectivity index is 1.74. The first-order chi connectivity index (χ1) is 15.5. The number of nitrogens with one attached hydrogen (secondary N) is 1. The molecule has 0 saturated heterocycles. The number of carbonyl (C=O) groups excluding carboxylic acids is 2. The van der Waals surface area contributed by atoms with Crippen LogP contribution in [0.25, 0.3) is 44.1 Å². The van der Waals surface area contributed by atoms with Gasteiger partial charge in [0.1, 0.15) is 0 Å². The minimum Gasteiger partial charge on any atom is -0.344 e. The first-order valence-electron chi connectivity index (χ1n) is 10.1. The summed E-state index contributed by atoms with van der Waals surface area (Å²) in [5.41, 5.74) is 6.11. The number of amides is 2. The number of rotatable bonds is 2. The summed E-state index contributed by atoms with van der Waals surface area (Å²) in [5, 5.41) is 4.70. The maximum absolute atomic E-state index is 12.9. The van der Waals surface area contributed by atoms with E-state index in [0.29, 0.717) is 21.7 Å². The number of hydrogen-bond acceptors (Lipinski definition) is 3. The molecule has 5 aromatic rings. The molecule has 2 aromatic heterocycles. The number of carbonyl (C=O) groups is 2. The van der Waals surface area contributed by atoms with Gasteiger partial charge in [0.25, 0.3) is 11.8 Å². The molecule has 1 aliphatic heterocycles. The standard InChI is InChI=1S/C26H16ClN3O2/c1-30-20-12-15(14-8-10-28-11-9-14)6-7-17(20)22-21(30)13-18(16-4-2-3-5-19(16)27)23-24(22)26(32)29-25(23)31/h2-13H,1H3,(H,29,31,32). The molecule has 1 aliphatic rings. The fourth-order valence-electron chi connectivity index (χ4n) is 4.66. The number of benzene rings is 3. The number of halogens is 1. The van der Waals surface area contributed by atoms with Crippen LogP contribution in [0.3, 0.4) is 0 Å². The number of aryl methyl sites for hydroxylation is 1. The zero-order valence-corrected chi connectivity index (χ0v) is 17.8. The molecule has 0 fully saturated rings. The zero-order valence-electron chi connectivity index (χ0n) is 17.0. The summed E-state index contributed by atoms with van der Waals surface area (Å²) < 4.78 is 2.06. The van der Waals surface area contributed by atoms with Crippen molar-refractivity contribution in [1.29, 1.82) is 0 Å². The predicted molar refractivity (Wildman–Crippen MR) is 126 cm³/mol. The Bertz CT molecular complexity index is 1600. The summed E-state index contributed by atoms with van der Waals surface area (Å²) in [7, 11) is 1.97. The van der Waals surface area contributed by atoms with E-state index in [2.05, 4.69) is 20.9 Å². The second-order valence-electron chi connectivity index (χ2n) is 7.86. The van der Waals surface area contributed by atoms with Gasteiger partial charge in [-0.05, 0) is 47.0 Å². The van der Waals surface area contributed by atoms with Crippen molar-refractivity contribution < 1.29 is 9.59 Å². The minimum atomic E-state index is -0.396. The number of fused-ring (bicyclic) bond motifs is 5. The highest BCUT2D eigenvalue weighted by Gasteiger charge is 2.34. The Hall–Kier alpha value is -3.96. The summed E-state index contributed by atoms with van der Waals surface area (Å²) in [4.78, 5) is 29.8. The summed E-state index contributed by atoms with van der Waals surface area (Å²) >= 11 is 6.47. The molecule has 0 atom stereocenters. The molecule has 0 bridgehead atoms. The van der Waals surface area contributed by atoms with E-state index in [4.69, 9.17) is 11.6 Å². The molecule has 0 radical (unpaired) electrons. The molecule has 6 heteroatoms. The number of nitrogens with zero attached hydrogens (tertiary/aromatic N) is 2. The van der Waals surface area contributed by atoms with Crippen LogP contribution in [-0.2, 0) is 7.05 Å². The van der Waals surface area contributed by atoms with E-state index in [9.17, 15) is 9.59 Å². The molecular formula is C26H16ClN3O2. The van der Waals surface area contributed by atoms with Crippen LogP contribution < -0.4 is 5.32 Å². The maximum atomic E-state index is 12.9. The van der Waals surface area contributed by atoms with Crippen molar-refractivity contribution in [2.24, 2.45) is 7.05 Å². The third-order valence-electron chi connectivity index (χ3n) is 6.16. The lowest BCUT2D eigenvalue weighted by atomic mass is 9.92. The van der Waals surface area contributed by atoms with Crippen molar-refractivity contribution in [3.63, 3.8) is 0 Å². The van der Waals surface area contributed by atoms with Crippen molar-refractivity contribution in [3.05, 3.63) is 89.2 Å². The van der Waals surface area contributed by atoms with Crippen molar-refractivity contribution in [2.75, 3.05) is 0 Å². The fraction of sp³-hybridized carbons (Fsp3) is 0.0385. The van der Waals surface area contributed by atoms with E-state index in [1.165, 1.54) is 0 Å². The van der Waals surface area contributed by atoms with Crippen molar-refractivity contribution >= 4 is 45.2 Å². The Morgan fingerprint density at radius 3 is 2.34 bits per heavy atom. The predicted octanol–water partition coefficient (Wildman–Crippen LogP) is 5.60. The van der Waals surface area contributed by atoms with Gasteiger partial charge in [0.2, 0.25) is 0 Å². The number of hydrogen-bond donors (Lipinski definition) is 1. The molecule has 2 amide bonds. The second-order valence-corrected chi connectivity index (χ2v) is 8.27. The van der Waals surface area contributed by atoms with Gasteiger partial charge in [-0.1, -0.05) is 41.9 Å². The Morgan fingerprint density at radius 2 is 1.56 bits per heavy atom. The lowest BCUT2D eigenvalue weighted by Crippen LogP contribution is -2.20. The monoisotopic (exact) mass is 437 g/mol. The SMILES string of the molecule is Cn1c2cc(-c3ccncc3)ccc2c2c3c(c(-c4ccccc4Cl)cc21)C(=O)NC3=O. The minimum absolute atomic E-state index is 0.376. The van der Waals surface area contributed by atoms with Crippen molar-refractivity contribution in [2.45, 2.75) is 0 Å². The molecule has 5 nitrogen and oxygen atoms in total. The van der Waals surface area contributed by atoms with Crippen LogP contribution in [0.1, 0.15) is 20.7 Å². The van der Waals surface area contributed by atoms with Crippen LogP contribution in [0.5, 0.6) is 0 Å². The quantitative estimate of drug-likeness (QED) is 0.366. The van der Waals surface area contributed by atoms with Crippen molar-refractivity contribution in [3.8, 4) is 22.3 Å². The maximum Gasteiger partial charge on any atom is 0.259 e. The van der Waals surface area contributed by atoms with Gasteiger partial charge in [0.05, 0.1) is 16.6 Å². The molecule has 154 valence electrons. The lowest BCUT2D eigenvalue weighted by Gasteiger charge is -2.10. The summed E-state index contributed by atoms with van der Waals surface area (Å²) in [5.74, 6) is -0.776. The van der Waals surface area contributed by atoms with Gasteiger partial charge in [0.15, 0.2) is 0 Å². The number of aromatic nitrogens is 2. The first-order valence-corrected chi connectivity index (χ1v) is 10.5. The molecule has 6 rings (SSSR count). The third kappa shape index (κ3) is 2.55. The number of pyridine rings is 1. The molecular weight excluding hydrogens is 422 g/mol.